The largest absolute Gasteiger partial charge is 0.397 e. The van der Waals surface area contributed by atoms with Gasteiger partial charge in [0, 0.05) is 15.1 Å². The lowest BCUT2D eigenvalue weighted by atomic mass is 10.2. The molecule has 0 aromatic heterocycles. The van der Waals surface area contributed by atoms with Gasteiger partial charge in [0.25, 0.3) is 5.91 Å². The average molecular weight is 394 g/mol. The predicted molar refractivity (Wildman–Crippen MR) is 88.0 cm³/mol. The van der Waals surface area contributed by atoms with E-state index in [2.05, 4.69) is 21.2 Å². The second-order valence-corrected chi connectivity index (χ2v) is 6.02. The number of hydrogen-bond donors (Lipinski definition) is 2. The van der Waals surface area contributed by atoms with Gasteiger partial charge in [-0.1, -0.05) is 34.8 Å². The minimum atomic E-state index is -0.363. The molecular formula is C13H8BrCl3N2O. The zero-order chi connectivity index (χ0) is 14.9. The van der Waals surface area contributed by atoms with Crippen LogP contribution in [0, 0.1) is 0 Å². The van der Waals surface area contributed by atoms with Gasteiger partial charge in [-0.15, -0.1) is 0 Å². The van der Waals surface area contributed by atoms with Crippen molar-refractivity contribution in [2.75, 3.05) is 11.1 Å². The van der Waals surface area contributed by atoms with Crippen LogP contribution in [0.1, 0.15) is 10.4 Å². The summed E-state index contributed by atoms with van der Waals surface area (Å²) < 4.78 is 0.711. The van der Waals surface area contributed by atoms with Crippen molar-refractivity contribution in [3.63, 3.8) is 0 Å². The molecule has 0 saturated carbocycles. The van der Waals surface area contributed by atoms with Crippen LogP contribution in [0.5, 0.6) is 0 Å². The molecule has 2 aromatic carbocycles. The number of amides is 1. The fourth-order valence-electron chi connectivity index (χ4n) is 1.53. The lowest BCUT2D eigenvalue weighted by molar-refractivity contribution is 0.102. The molecule has 0 aliphatic rings. The smallest absolute Gasteiger partial charge is 0.255 e. The van der Waals surface area contributed by atoms with Crippen molar-refractivity contribution in [2.24, 2.45) is 0 Å². The molecule has 0 bridgehead atoms. The number of benzene rings is 2. The van der Waals surface area contributed by atoms with E-state index in [9.17, 15) is 4.79 Å². The highest BCUT2D eigenvalue weighted by atomic mass is 79.9. The Kier molecular flexibility index (Phi) is 4.81. The zero-order valence-electron chi connectivity index (χ0n) is 9.88. The molecule has 1 amide bonds. The minimum absolute atomic E-state index is 0.224. The summed E-state index contributed by atoms with van der Waals surface area (Å²) in [5.74, 6) is -0.363. The predicted octanol–water partition coefficient (Wildman–Crippen LogP) is 5.24. The molecular weight excluding hydrogens is 386 g/mol. The molecule has 0 fully saturated rings. The van der Waals surface area contributed by atoms with Crippen molar-refractivity contribution in [3.05, 3.63) is 55.4 Å². The third-order valence-electron chi connectivity index (χ3n) is 2.50. The van der Waals surface area contributed by atoms with E-state index in [0.29, 0.717) is 20.7 Å². The Labute approximate surface area is 139 Å². The summed E-state index contributed by atoms with van der Waals surface area (Å²) in [7, 11) is 0. The van der Waals surface area contributed by atoms with E-state index in [1.807, 2.05) is 0 Å². The Morgan fingerprint density at radius 3 is 2.50 bits per heavy atom. The Morgan fingerprint density at radius 1 is 1.15 bits per heavy atom. The SMILES string of the molecule is Nc1cc(C(=O)Nc2cc(Cl)ccc2Br)cc(Cl)c1Cl. The minimum Gasteiger partial charge on any atom is -0.397 e. The van der Waals surface area contributed by atoms with E-state index in [4.69, 9.17) is 40.5 Å². The highest BCUT2D eigenvalue weighted by Crippen LogP contribution is 2.30. The van der Waals surface area contributed by atoms with Crippen molar-refractivity contribution in [3.8, 4) is 0 Å². The molecule has 0 atom stereocenters. The molecule has 0 unspecified atom stereocenters. The van der Waals surface area contributed by atoms with Gasteiger partial charge in [0.15, 0.2) is 0 Å². The van der Waals surface area contributed by atoms with E-state index < -0.39 is 0 Å². The molecule has 0 aliphatic heterocycles. The molecule has 20 heavy (non-hydrogen) atoms. The van der Waals surface area contributed by atoms with Crippen molar-refractivity contribution < 1.29 is 4.79 Å². The second kappa shape index (κ2) is 6.22. The summed E-state index contributed by atoms with van der Waals surface area (Å²) >= 11 is 21.0. The normalized spacial score (nSPS) is 10.4. The molecule has 2 rings (SSSR count). The number of rotatable bonds is 2. The number of hydrogen-bond acceptors (Lipinski definition) is 2. The summed E-state index contributed by atoms with van der Waals surface area (Å²) in [4.78, 5) is 12.2. The van der Waals surface area contributed by atoms with Gasteiger partial charge >= 0.3 is 0 Å². The number of nitrogen functional groups attached to an aromatic ring is 1. The van der Waals surface area contributed by atoms with E-state index in [1.165, 1.54) is 12.1 Å². The van der Waals surface area contributed by atoms with Crippen molar-refractivity contribution in [2.45, 2.75) is 0 Å². The molecule has 2 aromatic rings. The van der Waals surface area contributed by atoms with Gasteiger partial charge in [0.05, 0.1) is 21.4 Å². The standard InChI is InChI=1S/C13H8BrCl3N2O/c14-8-2-1-7(15)5-11(8)19-13(20)6-3-9(16)12(17)10(18)4-6/h1-5H,18H2,(H,19,20). The Bertz CT molecular complexity index is 668. The fourth-order valence-corrected chi connectivity index (χ4v) is 2.38. The van der Waals surface area contributed by atoms with E-state index in [1.54, 1.807) is 18.2 Å². The van der Waals surface area contributed by atoms with Crippen LogP contribution < -0.4 is 11.1 Å². The van der Waals surface area contributed by atoms with Gasteiger partial charge in [-0.2, -0.15) is 0 Å². The van der Waals surface area contributed by atoms with Crippen LogP contribution in [0.2, 0.25) is 15.1 Å². The molecule has 3 N–H and O–H groups in total. The Hall–Kier alpha value is -0.940. The number of nitrogens with one attached hydrogen (secondary N) is 1. The van der Waals surface area contributed by atoms with Gasteiger partial charge in [0.1, 0.15) is 0 Å². The van der Waals surface area contributed by atoms with E-state index in [0.717, 1.165) is 0 Å². The summed E-state index contributed by atoms with van der Waals surface area (Å²) in [5, 5.41) is 3.68. The lowest BCUT2D eigenvalue weighted by Gasteiger charge is -2.09. The first-order chi connectivity index (χ1) is 9.38. The monoisotopic (exact) mass is 392 g/mol. The van der Waals surface area contributed by atoms with Crippen LogP contribution in [0.15, 0.2) is 34.8 Å². The number of halogens is 4. The molecule has 0 radical (unpaired) electrons. The first kappa shape index (κ1) is 15.4. The van der Waals surface area contributed by atoms with Gasteiger partial charge in [-0.25, -0.2) is 0 Å². The van der Waals surface area contributed by atoms with Gasteiger partial charge in [-0.05, 0) is 46.3 Å². The number of nitrogens with two attached hydrogens (primary N) is 1. The Balaban J connectivity index is 2.31. The summed E-state index contributed by atoms with van der Waals surface area (Å²) in [6, 6.07) is 7.99. The first-order valence-corrected chi connectivity index (χ1v) is 7.32. The first-order valence-electron chi connectivity index (χ1n) is 5.39. The van der Waals surface area contributed by atoms with Crippen LogP contribution in [-0.2, 0) is 0 Å². The third-order valence-corrected chi connectivity index (χ3v) is 4.24. The molecule has 0 saturated heterocycles. The molecule has 0 heterocycles. The molecule has 104 valence electrons. The average Bonchev–Trinajstić information content (AvgIpc) is 2.39. The Morgan fingerprint density at radius 2 is 1.85 bits per heavy atom. The highest BCUT2D eigenvalue weighted by molar-refractivity contribution is 9.10. The second-order valence-electron chi connectivity index (χ2n) is 3.94. The molecule has 0 aliphatic carbocycles. The van der Waals surface area contributed by atoms with Crippen molar-refractivity contribution in [1.29, 1.82) is 0 Å². The number of carbonyl (C=O) groups is 1. The zero-order valence-corrected chi connectivity index (χ0v) is 13.7. The molecule has 0 spiro atoms. The number of carbonyl (C=O) groups excluding carboxylic acids is 1. The fraction of sp³-hybridized carbons (Fsp3) is 0. The van der Waals surface area contributed by atoms with Crippen LogP contribution in [0.25, 0.3) is 0 Å². The quantitative estimate of drug-likeness (QED) is 0.684. The topological polar surface area (TPSA) is 55.1 Å². The van der Waals surface area contributed by atoms with Gasteiger partial charge < -0.3 is 11.1 Å². The van der Waals surface area contributed by atoms with Crippen molar-refractivity contribution >= 4 is 68.0 Å². The summed E-state index contributed by atoms with van der Waals surface area (Å²) in [6.45, 7) is 0. The summed E-state index contributed by atoms with van der Waals surface area (Å²) in [5.41, 5.74) is 6.78. The van der Waals surface area contributed by atoms with E-state index in [-0.39, 0.29) is 21.6 Å². The highest BCUT2D eigenvalue weighted by Gasteiger charge is 2.13. The van der Waals surface area contributed by atoms with Crippen LogP contribution in [0.3, 0.4) is 0 Å². The van der Waals surface area contributed by atoms with Gasteiger partial charge in [-0.3, -0.25) is 4.79 Å². The van der Waals surface area contributed by atoms with Crippen LogP contribution >= 0.6 is 50.7 Å². The maximum Gasteiger partial charge on any atom is 0.255 e. The lowest BCUT2D eigenvalue weighted by Crippen LogP contribution is -2.12. The summed E-state index contributed by atoms with van der Waals surface area (Å²) in [6.07, 6.45) is 0. The van der Waals surface area contributed by atoms with Crippen LogP contribution in [0.4, 0.5) is 11.4 Å². The molecule has 3 nitrogen and oxygen atoms in total. The van der Waals surface area contributed by atoms with Gasteiger partial charge in [0.2, 0.25) is 0 Å². The maximum absolute atomic E-state index is 12.2. The van der Waals surface area contributed by atoms with E-state index >= 15 is 0 Å². The van der Waals surface area contributed by atoms with Crippen LogP contribution in [-0.4, -0.2) is 5.91 Å². The van der Waals surface area contributed by atoms with Crippen molar-refractivity contribution in [1.82, 2.24) is 0 Å². The maximum atomic E-state index is 12.2. The number of anilines is 2. The molecule has 7 heteroatoms. The third kappa shape index (κ3) is 3.38.